The fourth-order valence-electron chi connectivity index (χ4n) is 2.86. The lowest BCUT2D eigenvalue weighted by atomic mass is 9.97. The van der Waals surface area contributed by atoms with E-state index in [9.17, 15) is 4.79 Å². The van der Waals surface area contributed by atoms with Crippen LogP contribution < -0.4 is 10.5 Å². The predicted octanol–water partition coefficient (Wildman–Crippen LogP) is 4.71. The Balaban J connectivity index is 2.10. The summed E-state index contributed by atoms with van der Waals surface area (Å²) in [6.07, 6.45) is -0.0514. The maximum atomic E-state index is 15.3. The monoisotopic (exact) mass is 405 g/mol. The van der Waals surface area contributed by atoms with E-state index in [-0.39, 0.29) is 39.6 Å². The molecule has 0 aliphatic heterocycles. The third kappa shape index (κ3) is 4.35. The number of ether oxygens (including phenoxy) is 1. The Bertz CT molecular complexity index is 1160. The molecule has 7 heteroatoms. The summed E-state index contributed by atoms with van der Waals surface area (Å²) in [7, 11) is 0. The van der Waals surface area contributed by atoms with E-state index < -0.39 is 11.7 Å². The van der Waals surface area contributed by atoms with E-state index >= 15 is 4.39 Å². The fraction of sp³-hybridized carbons (Fsp3) is 0.0455. The summed E-state index contributed by atoms with van der Waals surface area (Å²) in [5.74, 6) is -1.43. The largest absolute Gasteiger partial charge is 0.453 e. The van der Waals surface area contributed by atoms with Gasteiger partial charge in [-0.15, -0.1) is 0 Å². The number of nitrogens with two attached hydrogens (primary N) is 1. The van der Waals surface area contributed by atoms with Gasteiger partial charge in [-0.25, -0.2) is 4.39 Å². The summed E-state index contributed by atoms with van der Waals surface area (Å²) in [6, 6.07) is 17.7. The maximum Gasteiger partial charge on any atom is 0.221 e. The standard InChI is InChI=1S/C22H13ClFN3O2/c23-19-6-5-18(17-4-2-1-3-15(17)10-20(27)28)21(24)22(19)29-16-8-13(11-25)7-14(9-16)12-26/h1-9H,10H2,(H2,27,28). The van der Waals surface area contributed by atoms with Gasteiger partial charge >= 0.3 is 0 Å². The molecule has 5 nitrogen and oxygen atoms in total. The highest BCUT2D eigenvalue weighted by molar-refractivity contribution is 6.32. The third-order valence-electron chi connectivity index (χ3n) is 4.11. The van der Waals surface area contributed by atoms with Crippen molar-refractivity contribution in [1.82, 2.24) is 0 Å². The predicted molar refractivity (Wildman–Crippen MR) is 106 cm³/mol. The SMILES string of the molecule is N#Cc1cc(C#N)cc(Oc2c(Cl)ccc(-c3ccccc3CC(N)=O)c2F)c1. The zero-order valence-electron chi connectivity index (χ0n) is 14.9. The number of rotatable bonds is 5. The molecular weight excluding hydrogens is 393 g/mol. The molecule has 0 fully saturated rings. The second-order valence-corrected chi connectivity index (χ2v) is 6.52. The Morgan fingerprint density at radius 1 is 1.03 bits per heavy atom. The molecule has 1 amide bonds. The highest BCUT2D eigenvalue weighted by atomic mass is 35.5. The van der Waals surface area contributed by atoms with Crippen LogP contribution in [0.4, 0.5) is 4.39 Å². The summed E-state index contributed by atoms with van der Waals surface area (Å²) in [4.78, 5) is 11.4. The van der Waals surface area contributed by atoms with Gasteiger partial charge < -0.3 is 10.5 Å². The minimum absolute atomic E-state index is 0.0134. The first-order chi connectivity index (χ1) is 13.9. The number of hydrogen-bond acceptors (Lipinski definition) is 4. The third-order valence-corrected chi connectivity index (χ3v) is 4.40. The number of halogens is 2. The average molecular weight is 406 g/mol. The Kier molecular flexibility index (Phi) is 5.78. The molecule has 0 saturated heterocycles. The number of hydrogen-bond donors (Lipinski definition) is 1. The van der Waals surface area contributed by atoms with Crippen LogP contribution >= 0.6 is 11.6 Å². The van der Waals surface area contributed by atoms with Gasteiger partial charge in [0.1, 0.15) is 5.75 Å². The van der Waals surface area contributed by atoms with Crippen molar-refractivity contribution in [2.45, 2.75) is 6.42 Å². The van der Waals surface area contributed by atoms with E-state index in [1.807, 2.05) is 12.1 Å². The number of primary amides is 1. The maximum absolute atomic E-state index is 15.3. The van der Waals surface area contributed by atoms with E-state index in [0.29, 0.717) is 11.1 Å². The zero-order chi connectivity index (χ0) is 21.0. The molecule has 0 unspecified atom stereocenters. The molecule has 0 atom stereocenters. The first-order valence-corrected chi connectivity index (χ1v) is 8.78. The van der Waals surface area contributed by atoms with Gasteiger partial charge in [-0.05, 0) is 41.5 Å². The lowest BCUT2D eigenvalue weighted by Gasteiger charge is -2.14. The number of nitriles is 2. The van der Waals surface area contributed by atoms with Crippen molar-refractivity contribution >= 4 is 17.5 Å². The van der Waals surface area contributed by atoms with Crippen LogP contribution in [0, 0.1) is 28.5 Å². The molecule has 0 spiro atoms. The Labute approximate surface area is 171 Å². The van der Waals surface area contributed by atoms with Crippen LogP contribution in [0.3, 0.4) is 0 Å². The van der Waals surface area contributed by atoms with E-state index in [1.54, 1.807) is 24.3 Å². The van der Waals surface area contributed by atoms with Crippen LogP contribution in [0.1, 0.15) is 16.7 Å². The summed E-state index contributed by atoms with van der Waals surface area (Å²) < 4.78 is 20.9. The molecule has 0 bridgehead atoms. The van der Waals surface area contributed by atoms with Crippen LogP contribution in [0.2, 0.25) is 5.02 Å². The van der Waals surface area contributed by atoms with Gasteiger partial charge in [-0.1, -0.05) is 35.9 Å². The van der Waals surface area contributed by atoms with Crippen molar-refractivity contribution in [3.8, 4) is 34.8 Å². The van der Waals surface area contributed by atoms with Gasteiger partial charge in [0.2, 0.25) is 5.91 Å². The zero-order valence-corrected chi connectivity index (χ0v) is 15.7. The molecule has 0 radical (unpaired) electrons. The summed E-state index contributed by atoms with van der Waals surface area (Å²) in [6.45, 7) is 0. The quantitative estimate of drug-likeness (QED) is 0.664. The van der Waals surface area contributed by atoms with Gasteiger partial charge in [-0.2, -0.15) is 10.5 Å². The summed E-state index contributed by atoms with van der Waals surface area (Å²) in [5.41, 5.74) is 6.90. The number of amides is 1. The van der Waals surface area contributed by atoms with Crippen LogP contribution in [0.15, 0.2) is 54.6 Å². The fourth-order valence-corrected chi connectivity index (χ4v) is 3.05. The first kappa shape index (κ1) is 19.9. The molecule has 3 rings (SSSR count). The van der Waals surface area contributed by atoms with E-state index in [1.165, 1.54) is 30.3 Å². The Morgan fingerprint density at radius 2 is 1.69 bits per heavy atom. The molecule has 0 saturated carbocycles. The minimum atomic E-state index is -0.740. The van der Waals surface area contributed by atoms with Crippen molar-refractivity contribution in [2.24, 2.45) is 5.73 Å². The summed E-state index contributed by atoms with van der Waals surface area (Å²) in [5, 5.41) is 18.2. The molecular formula is C22H13ClFN3O2. The number of benzene rings is 3. The van der Waals surface area contributed by atoms with Crippen LogP contribution in [-0.2, 0) is 11.2 Å². The number of carbonyl (C=O) groups is 1. The van der Waals surface area contributed by atoms with E-state index in [2.05, 4.69) is 0 Å². The molecule has 0 heterocycles. The highest BCUT2D eigenvalue weighted by Gasteiger charge is 2.19. The molecule has 0 aliphatic carbocycles. The lowest BCUT2D eigenvalue weighted by Crippen LogP contribution is -2.14. The van der Waals surface area contributed by atoms with Gasteiger partial charge in [0.15, 0.2) is 11.6 Å². The minimum Gasteiger partial charge on any atom is -0.453 e. The van der Waals surface area contributed by atoms with Crippen molar-refractivity contribution in [3.05, 3.63) is 82.1 Å². The Hall–Kier alpha value is -3.87. The molecule has 0 aliphatic rings. The average Bonchev–Trinajstić information content (AvgIpc) is 2.71. The first-order valence-electron chi connectivity index (χ1n) is 8.40. The van der Waals surface area contributed by atoms with Crippen molar-refractivity contribution < 1.29 is 13.9 Å². The smallest absolute Gasteiger partial charge is 0.221 e. The number of carbonyl (C=O) groups excluding carboxylic acids is 1. The molecule has 3 aromatic carbocycles. The van der Waals surface area contributed by atoms with E-state index in [4.69, 9.17) is 32.6 Å². The van der Waals surface area contributed by atoms with Gasteiger partial charge in [0.25, 0.3) is 0 Å². The number of nitrogens with zero attached hydrogens (tertiary/aromatic N) is 2. The molecule has 142 valence electrons. The van der Waals surface area contributed by atoms with Crippen molar-refractivity contribution in [3.63, 3.8) is 0 Å². The van der Waals surface area contributed by atoms with Crippen LogP contribution in [0.25, 0.3) is 11.1 Å². The normalized spacial score (nSPS) is 10.1. The van der Waals surface area contributed by atoms with E-state index in [0.717, 1.165) is 0 Å². The molecule has 0 aromatic heterocycles. The second kappa shape index (κ2) is 8.43. The van der Waals surface area contributed by atoms with Crippen LogP contribution in [0.5, 0.6) is 11.5 Å². The second-order valence-electron chi connectivity index (χ2n) is 6.11. The highest BCUT2D eigenvalue weighted by Crippen LogP contribution is 2.39. The summed E-state index contributed by atoms with van der Waals surface area (Å²) >= 11 is 6.14. The van der Waals surface area contributed by atoms with Gasteiger partial charge in [0.05, 0.1) is 34.7 Å². The van der Waals surface area contributed by atoms with Crippen molar-refractivity contribution in [1.29, 1.82) is 10.5 Å². The molecule has 3 aromatic rings. The van der Waals surface area contributed by atoms with Gasteiger partial charge in [0, 0.05) is 5.56 Å². The van der Waals surface area contributed by atoms with Crippen molar-refractivity contribution in [2.75, 3.05) is 0 Å². The lowest BCUT2D eigenvalue weighted by molar-refractivity contribution is -0.117. The van der Waals surface area contributed by atoms with Gasteiger partial charge in [-0.3, -0.25) is 4.79 Å². The molecule has 29 heavy (non-hydrogen) atoms. The topological polar surface area (TPSA) is 99.9 Å². The Morgan fingerprint density at radius 3 is 2.31 bits per heavy atom. The van der Waals surface area contributed by atoms with Crippen LogP contribution in [-0.4, -0.2) is 5.91 Å². The molecule has 2 N–H and O–H groups in total.